The minimum atomic E-state index is -1.07. The number of aliphatic hydroxyl groups is 1. The zero-order chi connectivity index (χ0) is 15.0. The molecule has 0 spiro atoms. The van der Waals surface area contributed by atoms with Gasteiger partial charge < -0.3 is 9.84 Å². The molecule has 0 saturated carbocycles. The van der Waals surface area contributed by atoms with E-state index in [1.54, 1.807) is 18.4 Å². The molecule has 0 amide bonds. The van der Waals surface area contributed by atoms with Crippen LogP contribution in [0.4, 0.5) is 0 Å². The molecule has 3 rings (SSSR count). The SMILES string of the molecule is COc1ccc(C)cc1C(C)(O)c1cc2ccccc2s1. The Bertz CT molecular complexity index is 754. The lowest BCUT2D eigenvalue weighted by atomic mass is 9.92. The number of fused-ring (bicyclic) bond motifs is 1. The van der Waals surface area contributed by atoms with Gasteiger partial charge in [-0.3, -0.25) is 0 Å². The minimum Gasteiger partial charge on any atom is -0.496 e. The fourth-order valence-corrected chi connectivity index (χ4v) is 3.68. The highest BCUT2D eigenvalue weighted by Gasteiger charge is 2.31. The van der Waals surface area contributed by atoms with E-state index < -0.39 is 5.60 Å². The van der Waals surface area contributed by atoms with Crippen molar-refractivity contribution in [3.05, 3.63) is 64.5 Å². The number of hydrogen-bond donors (Lipinski definition) is 1. The van der Waals surface area contributed by atoms with Gasteiger partial charge in [0.15, 0.2) is 0 Å². The molecular weight excluding hydrogens is 280 g/mol. The van der Waals surface area contributed by atoms with Crippen LogP contribution in [0.15, 0.2) is 48.5 Å². The van der Waals surface area contributed by atoms with Gasteiger partial charge in [-0.2, -0.15) is 0 Å². The number of hydrogen-bond acceptors (Lipinski definition) is 3. The fraction of sp³-hybridized carbons (Fsp3) is 0.222. The molecule has 0 aliphatic heterocycles. The third-order valence-corrected chi connectivity index (χ3v) is 5.11. The first-order valence-electron chi connectivity index (χ1n) is 6.89. The van der Waals surface area contributed by atoms with E-state index in [0.717, 1.165) is 21.4 Å². The van der Waals surface area contributed by atoms with E-state index in [0.29, 0.717) is 5.75 Å². The molecule has 0 aliphatic carbocycles. The molecule has 0 bridgehead atoms. The molecule has 0 saturated heterocycles. The molecule has 1 atom stereocenters. The standard InChI is InChI=1S/C18H18O2S/c1-12-8-9-15(20-3)14(10-12)18(2,19)17-11-13-6-4-5-7-16(13)21-17/h4-11,19H,1-3H3. The highest BCUT2D eigenvalue weighted by molar-refractivity contribution is 7.19. The minimum absolute atomic E-state index is 0.711. The normalized spacial score (nSPS) is 14.1. The van der Waals surface area contributed by atoms with E-state index >= 15 is 0 Å². The number of benzene rings is 2. The molecule has 3 aromatic rings. The summed E-state index contributed by atoms with van der Waals surface area (Å²) in [4.78, 5) is 0.924. The quantitative estimate of drug-likeness (QED) is 0.773. The molecule has 0 fully saturated rings. The summed E-state index contributed by atoms with van der Waals surface area (Å²) in [5.41, 5.74) is 0.838. The van der Waals surface area contributed by atoms with Crippen molar-refractivity contribution in [1.29, 1.82) is 0 Å². The summed E-state index contributed by atoms with van der Waals surface area (Å²) in [6, 6.07) is 16.1. The van der Waals surface area contributed by atoms with E-state index in [9.17, 15) is 5.11 Å². The highest BCUT2D eigenvalue weighted by Crippen LogP contribution is 2.41. The third kappa shape index (κ3) is 2.43. The average molecular weight is 298 g/mol. The first-order valence-corrected chi connectivity index (χ1v) is 7.70. The second kappa shape index (κ2) is 5.17. The van der Waals surface area contributed by atoms with Gasteiger partial charge >= 0.3 is 0 Å². The van der Waals surface area contributed by atoms with Gasteiger partial charge in [0.1, 0.15) is 11.4 Å². The molecule has 0 aliphatic rings. The van der Waals surface area contributed by atoms with E-state index in [1.807, 2.05) is 44.2 Å². The van der Waals surface area contributed by atoms with Crippen molar-refractivity contribution >= 4 is 21.4 Å². The van der Waals surface area contributed by atoms with E-state index in [4.69, 9.17) is 4.74 Å². The number of ether oxygens (including phenoxy) is 1. The molecule has 3 heteroatoms. The highest BCUT2D eigenvalue weighted by atomic mass is 32.1. The Morgan fingerprint density at radius 1 is 1.10 bits per heavy atom. The Labute approximate surface area is 128 Å². The Hall–Kier alpha value is -1.84. The summed E-state index contributed by atoms with van der Waals surface area (Å²) in [5.74, 6) is 0.711. The van der Waals surface area contributed by atoms with Gasteiger partial charge in [0.2, 0.25) is 0 Å². The van der Waals surface area contributed by atoms with Crippen LogP contribution in [0.25, 0.3) is 10.1 Å². The number of aryl methyl sites for hydroxylation is 1. The Morgan fingerprint density at radius 2 is 1.86 bits per heavy atom. The van der Waals surface area contributed by atoms with Crippen LogP contribution in [-0.4, -0.2) is 12.2 Å². The lowest BCUT2D eigenvalue weighted by Gasteiger charge is -2.25. The van der Waals surface area contributed by atoms with Gasteiger partial charge in [-0.15, -0.1) is 11.3 Å². The van der Waals surface area contributed by atoms with Gasteiger partial charge in [0, 0.05) is 15.1 Å². The van der Waals surface area contributed by atoms with Gasteiger partial charge in [-0.05, 0) is 43.5 Å². The summed E-state index contributed by atoms with van der Waals surface area (Å²) < 4.78 is 6.61. The maximum absolute atomic E-state index is 11.1. The van der Waals surface area contributed by atoms with Crippen LogP contribution < -0.4 is 4.74 Å². The summed E-state index contributed by atoms with van der Waals surface area (Å²) in [6.45, 7) is 3.85. The summed E-state index contributed by atoms with van der Waals surface area (Å²) >= 11 is 1.62. The van der Waals surface area contributed by atoms with Gasteiger partial charge in [-0.25, -0.2) is 0 Å². The molecule has 108 valence electrons. The summed E-state index contributed by atoms with van der Waals surface area (Å²) in [7, 11) is 1.63. The van der Waals surface area contributed by atoms with Crippen molar-refractivity contribution in [3.8, 4) is 5.75 Å². The lowest BCUT2D eigenvalue weighted by molar-refractivity contribution is 0.103. The van der Waals surface area contributed by atoms with Crippen molar-refractivity contribution in [2.45, 2.75) is 19.4 Å². The van der Waals surface area contributed by atoms with Crippen molar-refractivity contribution < 1.29 is 9.84 Å². The lowest BCUT2D eigenvalue weighted by Crippen LogP contribution is -2.22. The molecular formula is C18H18O2S. The Kier molecular flexibility index (Phi) is 3.47. The van der Waals surface area contributed by atoms with Crippen LogP contribution >= 0.6 is 11.3 Å². The first-order chi connectivity index (χ1) is 10.0. The molecule has 1 unspecified atom stereocenters. The maximum atomic E-state index is 11.1. The number of thiophene rings is 1. The predicted molar refractivity (Wildman–Crippen MR) is 88.2 cm³/mol. The number of rotatable bonds is 3. The largest absolute Gasteiger partial charge is 0.496 e. The zero-order valence-corrected chi connectivity index (χ0v) is 13.2. The summed E-state index contributed by atoms with van der Waals surface area (Å²) in [6.07, 6.45) is 0. The van der Waals surface area contributed by atoms with E-state index in [2.05, 4.69) is 18.2 Å². The monoisotopic (exact) mass is 298 g/mol. The predicted octanol–water partition coefficient (Wildman–Crippen LogP) is 4.47. The Balaban J connectivity index is 2.17. The van der Waals surface area contributed by atoms with Crippen LogP contribution in [0.2, 0.25) is 0 Å². The second-order valence-electron chi connectivity index (χ2n) is 5.42. The van der Waals surface area contributed by atoms with E-state index in [1.165, 1.54) is 4.70 Å². The fourth-order valence-electron chi connectivity index (χ4n) is 2.56. The molecule has 0 radical (unpaired) electrons. The Morgan fingerprint density at radius 3 is 2.57 bits per heavy atom. The van der Waals surface area contributed by atoms with Gasteiger partial charge in [-0.1, -0.05) is 29.8 Å². The van der Waals surface area contributed by atoms with Crippen LogP contribution in [0, 0.1) is 6.92 Å². The summed E-state index contributed by atoms with van der Waals surface area (Å²) in [5, 5.41) is 12.3. The average Bonchev–Trinajstić information content (AvgIpc) is 2.92. The van der Waals surface area contributed by atoms with Crippen LogP contribution in [0.1, 0.15) is 22.9 Å². The molecule has 21 heavy (non-hydrogen) atoms. The zero-order valence-electron chi connectivity index (χ0n) is 12.4. The van der Waals surface area contributed by atoms with Crippen molar-refractivity contribution in [3.63, 3.8) is 0 Å². The smallest absolute Gasteiger partial charge is 0.125 e. The van der Waals surface area contributed by atoms with E-state index in [-0.39, 0.29) is 0 Å². The molecule has 1 N–H and O–H groups in total. The topological polar surface area (TPSA) is 29.5 Å². The second-order valence-corrected chi connectivity index (χ2v) is 6.51. The molecule has 2 nitrogen and oxygen atoms in total. The number of methoxy groups -OCH3 is 1. The first kappa shape index (κ1) is 14.1. The van der Waals surface area contributed by atoms with Crippen molar-refractivity contribution in [2.24, 2.45) is 0 Å². The van der Waals surface area contributed by atoms with Crippen LogP contribution in [-0.2, 0) is 5.60 Å². The maximum Gasteiger partial charge on any atom is 0.125 e. The molecule has 1 heterocycles. The van der Waals surface area contributed by atoms with Crippen molar-refractivity contribution in [2.75, 3.05) is 7.11 Å². The van der Waals surface area contributed by atoms with Gasteiger partial charge in [0.25, 0.3) is 0 Å². The van der Waals surface area contributed by atoms with Crippen LogP contribution in [0.3, 0.4) is 0 Å². The van der Waals surface area contributed by atoms with Crippen molar-refractivity contribution in [1.82, 2.24) is 0 Å². The van der Waals surface area contributed by atoms with Crippen LogP contribution in [0.5, 0.6) is 5.75 Å². The molecule has 1 aromatic heterocycles. The third-order valence-electron chi connectivity index (χ3n) is 3.78. The van der Waals surface area contributed by atoms with Gasteiger partial charge in [0.05, 0.1) is 7.11 Å². The molecule has 2 aromatic carbocycles.